The summed E-state index contributed by atoms with van der Waals surface area (Å²) in [5.41, 5.74) is 2.82. The summed E-state index contributed by atoms with van der Waals surface area (Å²) in [6, 6.07) is 19.5. The molecule has 3 heterocycles. The molecule has 42 heavy (non-hydrogen) atoms. The number of nitrogens with one attached hydrogen (secondary N) is 1. The lowest BCUT2D eigenvalue weighted by atomic mass is 10.2. The second-order valence-electron chi connectivity index (χ2n) is 9.65. The number of benzene rings is 2. The molecule has 0 spiro atoms. The molecule has 3 aromatic heterocycles. The highest BCUT2D eigenvalue weighted by Crippen LogP contribution is 2.38. The quantitative estimate of drug-likeness (QED) is 0.119. The third kappa shape index (κ3) is 7.10. The van der Waals surface area contributed by atoms with Crippen molar-refractivity contribution in [1.82, 2.24) is 24.7 Å². The van der Waals surface area contributed by atoms with E-state index >= 15 is 0 Å². The van der Waals surface area contributed by atoms with Gasteiger partial charge in [-0.3, -0.25) is 9.29 Å². The van der Waals surface area contributed by atoms with E-state index in [1.165, 1.54) is 11.9 Å². The summed E-state index contributed by atoms with van der Waals surface area (Å²) in [5, 5.41) is 9.07. The summed E-state index contributed by atoms with van der Waals surface area (Å²) in [7, 11) is 3.24. The molecule has 218 valence electrons. The molecule has 0 aliphatic carbocycles. The number of aryl methyl sites for hydroxylation is 2. The fourth-order valence-corrected chi connectivity index (χ4v) is 5.23. The first-order valence-corrected chi connectivity index (χ1v) is 14.5. The van der Waals surface area contributed by atoms with E-state index < -0.39 is 0 Å². The third-order valence-electron chi connectivity index (χ3n) is 6.51. The average Bonchev–Trinajstić information content (AvgIpc) is 3.64. The van der Waals surface area contributed by atoms with E-state index in [2.05, 4.69) is 37.0 Å². The van der Waals surface area contributed by atoms with Crippen molar-refractivity contribution in [2.24, 2.45) is 0 Å². The van der Waals surface area contributed by atoms with Gasteiger partial charge in [0.15, 0.2) is 5.76 Å². The van der Waals surface area contributed by atoms with Gasteiger partial charge in [0.2, 0.25) is 11.8 Å². The highest BCUT2D eigenvalue weighted by molar-refractivity contribution is 8.01. The molecule has 2 aromatic carbocycles. The first kappa shape index (κ1) is 29.2. The summed E-state index contributed by atoms with van der Waals surface area (Å²) in [5.74, 6) is 4.32. The number of methoxy groups -OCH3 is 2. The van der Waals surface area contributed by atoms with E-state index in [0.717, 1.165) is 29.1 Å². The first-order valence-electron chi connectivity index (χ1n) is 13.6. The van der Waals surface area contributed by atoms with Crippen LogP contribution in [-0.4, -0.2) is 50.8 Å². The molecule has 10 nitrogen and oxygen atoms in total. The Kier molecular flexibility index (Phi) is 9.73. The van der Waals surface area contributed by atoms with Crippen molar-refractivity contribution >= 4 is 17.9 Å². The minimum absolute atomic E-state index is 0.0718. The molecule has 1 atom stereocenters. The smallest absolute Gasteiger partial charge is 0.239 e. The average molecular weight is 587 g/mol. The van der Waals surface area contributed by atoms with Gasteiger partial charge in [-0.05, 0) is 67.6 Å². The Labute approximate surface area is 249 Å². The predicted octanol–water partition coefficient (Wildman–Crippen LogP) is 6.23. The van der Waals surface area contributed by atoms with Gasteiger partial charge in [-0.25, -0.2) is 9.97 Å². The van der Waals surface area contributed by atoms with Gasteiger partial charge >= 0.3 is 0 Å². The van der Waals surface area contributed by atoms with Gasteiger partial charge in [-0.2, -0.15) is 0 Å². The molecule has 0 bridgehead atoms. The highest BCUT2D eigenvalue weighted by atomic mass is 32.2. The Hall–Kier alpha value is -4.35. The van der Waals surface area contributed by atoms with Crippen LogP contribution in [0.5, 0.6) is 11.5 Å². The van der Waals surface area contributed by atoms with Crippen molar-refractivity contribution in [2.75, 3.05) is 25.5 Å². The molecular formula is C31H34N6O4S. The molecule has 1 N–H and O–H groups in total. The third-order valence-corrected chi connectivity index (χ3v) is 7.54. The zero-order valence-electron chi connectivity index (χ0n) is 24.1. The predicted molar refractivity (Wildman–Crippen MR) is 163 cm³/mol. The number of para-hydroxylation sites is 1. The van der Waals surface area contributed by atoms with Crippen LogP contribution in [0, 0.1) is 13.8 Å². The van der Waals surface area contributed by atoms with Crippen molar-refractivity contribution in [3.05, 3.63) is 95.8 Å². The lowest BCUT2D eigenvalue weighted by Gasteiger charge is -2.19. The van der Waals surface area contributed by atoms with E-state index in [1.807, 2.05) is 79.3 Å². The van der Waals surface area contributed by atoms with Gasteiger partial charge in [0.1, 0.15) is 28.8 Å². The van der Waals surface area contributed by atoms with Crippen molar-refractivity contribution in [1.29, 1.82) is 0 Å². The topological polar surface area (TPSA) is 109 Å². The van der Waals surface area contributed by atoms with Gasteiger partial charge in [0.05, 0.1) is 20.8 Å². The summed E-state index contributed by atoms with van der Waals surface area (Å²) in [6.45, 7) is 5.00. The number of hydrogen-bond acceptors (Lipinski definition) is 10. The maximum atomic E-state index is 6.02. The maximum absolute atomic E-state index is 6.02. The standard InChI is InChI=1S/C31H34N6O4S/c1-21-18-32-28(33-19-21)17-24(15-16-40-20-23-9-6-5-7-10-23)42-36-31-35-34-30(27-14-13-22(2)41-27)37(31)29-25(38-3)11-8-12-26(29)39-4/h5-14,18-19,24H,15-17,20H2,1-4H3,(H,35,36). The molecule has 5 rings (SSSR count). The fraction of sp³-hybridized carbons (Fsp3) is 0.290. The van der Waals surface area contributed by atoms with E-state index in [-0.39, 0.29) is 5.25 Å². The van der Waals surface area contributed by atoms with Crippen LogP contribution in [-0.2, 0) is 17.8 Å². The minimum Gasteiger partial charge on any atom is -0.494 e. The molecule has 0 amide bonds. The van der Waals surface area contributed by atoms with Gasteiger partial charge in [-0.1, -0.05) is 36.4 Å². The van der Waals surface area contributed by atoms with Crippen molar-refractivity contribution in [2.45, 2.75) is 38.5 Å². The Morgan fingerprint density at radius 1 is 0.905 bits per heavy atom. The van der Waals surface area contributed by atoms with Crippen molar-refractivity contribution < 1.29 is 18.6 Å². The molecule has 0 fully saturated rings. The van der Waals surface area contributed by atoms with E-state index in [0.29, 0.717) is 54.4 Å². The monoisotopic (exact) mass is 586 g/mol. The van der Waals surface area contributed by atoms with Gasteiger partial charge in [0.25, 0.3) is 0 Å². The summed E-state index contributed by atoms with van der Waals surface area (Å²) >= 11 is 1.52. The normalized spacial score (nSPS) is 11.8. The second kappa shape index (κ2) is 14.0. The van der Waals surface area contributed by atoms with Gasteiger partial charge in [-0.15, -0.1) is 10.2 Å². The Bertz CT molecular complexity index is 1550. The molecule has 1 unspecified atom stereocenters. The number of nitrogens with zero attached hydrogens (tertiary/aromatic N) is 5. The largest absolute Gasteiger partial charge is 0.494 e. The van der Waals surface area contributed by atoms with Gasteiger partial charge < -0.3 is 18.6 Å². The number of anilines is 1. The fourth-order valence-electron chi connectivity index (χ4n) is 4.37. The molecular weight excluding hydrogens is 552 g/mol. The van der Waals surface area contributed by atoms with E-state index in [1.54, 1.807) is 14.2 Å². The van der Waals surface area contributed by atoms with Crippen LogP contribution in [0.15, 0.2) is 77.5 Å². The zero-order chi connectivity index (χ0) is 29.3. The lowest BCUT2D eigenvalue weighted by molar-refractivity contribution is 0.118. The SMILES string of the molecule is COc1cccc(OC)c1-n1c(NSC(CCOCc2ccccc2)Cc2ncc(C)cn2)nnc1-c1ccc(C)o1. The van der Waals surface area contributed by atoms with Crippen LogP contribution >= 0.6 is 11.9 Å². The Morgan fingerprint density at radius 3 is 2.31 bits per heavy atom. The molecule has 0 saturated heterocycles. The molecule has 5 aromatic rings. The number of rotatable bonds is 14. The number of hydrogen-bond donors (Lipinski definition) is 1. The lowest BCUT2D eigenvalue weighted by Crippen LogP contribution is -2.16. The molecule has 11 heteroatoms. The van der Waals surface area contributed by atoms with Crippen molar-refractivity contribution in [3.63, 3.8) is 0 Å². The van der Waals surface area contributed by atoms with Gasteiger partial charge in [0, 0.05) is 30.7 Å². The zero-order valence-corrected chi connectivity index (χ0v) is 24.9. The first-order chi connectivity index (χ1) is 20.6. The molecule has 0 saturated carbocycles. The molecule has 0 aliphatic heterocycles. The Morgan fingerprint density at radius 2 is 1.64 bits per heavy atom. The maximum Gasteiger partial charge on any atom is 0.239 e. The number of furan rings is 1. The summed E-state index contributed by atoms with van der Waals surface area (Å²) in [6.07, 6.45) is 5.08. The number of aromatic nitrogens is 5. The molecule has 0 aliphatic rings. The minimum atomic E-state index is 0.0718. The van der Waals surface area contributed by atoms with Crippen LogP contribution in [0.2, 0.25) is 0 Å². The number of ether oxygens (including phenoxy) is 3. The van der Waals surface area contributed by atoms with E-state index in [4.69, 9.17) is 18.6 Å². The summed E-state index contributed by atoms with van der Waals surface area (Å²) in [4.78, 5) is 9.07. The second-order valence-corrected chi connectivity index (χ2v) is 10.8. The molecule has 0 radical (unpaired) electrons. The van der Waals surface area contributed by atoms with Crippen LogP contribution < -0.4 is 14.2 Å². The van der Waals surface area contributed by atoms with Crippen molar-refractivity contribution in [3.8, 4) is 28.8 Å². The Balaban J connectivity index is 1.41. The highest BCUT2D eigenvalue weighted by Gasteiger charge is 2.25. The summed E-state index contributed by atoms with van der Waals surface area (Å²) < 4.78 is 28.7. The van der Waals surface area contributed by atoms with Crippen LogP contribution in [0.3, 0.4) is 0 Å². The van der Waals surface area contributed by atoms with E-state index in [9.17, 15) is 0 Å². The van der Waals surface area contributed by atoms with Crippen LogP contribution in [0.25, 0.3) is 17.3 Å². The van der Waals surface area contributed by atoms with Crippen LogP contribution in [0.4, 0.5) is 5.95 Å². The van der Waals surface area contributed by atoms with Crippen LogP contribution in [0.1, 0.15) is 29.1 Å².